The lowest BCUT2D eigenvalue weighted by Gasteiger charge is -2.18. The fraction of sp³-hybridized carbons (Fsp3) is 0.725. The molecule has 0 aliphatic rings. The molecular weight excluding hydrogens is 925 g/mol. The van der Waals surface area contributed by atoms with Gasteiger partial charge in [-0.05, 0) is 96.3 Å². The second-order valence-corrected chi connectivity index (χ2v) is 20.9. The Morgan fingerprint density at radius 1 is 0.280 bits per heavy atom. The van der Waals surface area contributed by atoms with Crippen molar-refractivity contribution in [3.05, 3.63) is 97.2 Å². The summed E-state index contributed by atoms with van der Waals surface area (Å²) in [6.07, 6.45) is 84.4. The second kappa shape index (κ2) is 62.9. The Hall–Kier alpha value is -3.67. The van der Waals surface area contributed by atoms with E-state index >= 15 is 0 Å². The Kier molecular flexibility index (Phi) is 59.8. The highest BCUT2D eigenvalue weighted by Crippen LogP contribution is 2.17. The molecule has 0 fully saturated rings. The summed E-state index contributed by atoms with van der Waals surface area (Å²) in [4.78, 5) is 38.1. The lowest BCUT2D eigenvalue weighted by molar-refractivity contribution is -0.167. The molecule has 0 heterocycles. The summed E-state index contributed by atoms with van der Waals surface area (Å²) in [5.74, 6) is -0.891. The molecule has 1 atom stereocenters. The van der Waals surface area contributed by atoms with Crippen LogP contribution in [0.2, 0.25) is 0 Å². The van der Waals surface area contributed by atoms with E-state index in [9.17, 15) is 14.4 Å². The highest BCUT2D eigenvalue weighted by atomic mass is 16.6. The van der Waals surface area contributed by atoms with Gasteiger partial charge in [0.25, 0.3) is 0 Å². The molecule has 0 amide bonds. The van der Waals surface area contributed by atoms with Crippen molar-refractivity contribution in [1.29, 1.82) is 0 Å². The van der Waals surface area contributed by atoms with E-state index in [0.29, 0.717) is 19.3 Å². The van der Waals surface area contributed by atoms with Crippen LogP contribution in [0.1, 0.15) is 303 Å². The highest BCUT2D eigenvalue weighted by molar-refractivity contribution is 5.71. The number of unbranched alkanes of at least 4 members (excludes halogenated alkanes) is 30. The third-order valence-electron chi connectivity index (χ3n) is 13.6. The number of hydrogen-bond acceptors (Lipinski definition) is 6. The van der Waals surface area contributed by atoms with Crippen LogP contribution in [0.3, 0.4) is 0 Å². The molecular formula is C69H118O6. The number of ether oxygens (including phenoxy) is 3. The van der Waals surface area contributed by atoms with Crippen LogP contribution in [0.25, 0.3) is 0 Å². The van der Waals surface area contributed by atoms with Gasteiger partial charge in [-0.1, -0.05) is 285 Å². The van der Waals surface area contributed by atoms with Crippen molar-refractivity contribution < 1.29 is 28.6 Å². The van der Waals surface area contributed by atoms with Crippen LogP contribution >= 0.6 is 0 Å². The average Bonchev–Trinajstić information content (AvgIpc) is 3.41. The van der Waals surface area contributed by atoms with Gasteiger partial charge in [0.15, 0.2) is 6.10 Å². The van der Waals surface area contributed by atoms with Crippen LogP contribution in [0, 0.1) is 0 Å². The molecule has 0 radical (unpaired) electrons. The molecule has 6 nitrogen and oxygen atoms in total. The van der Waals surface area contributed by atoms with Crippen LogP contribution < -0.4 is 0 Å². The van der Waals surface area contributed by atoms with Gasteiger partial charge in [-0.25, -0.2) is 0 Å². The minimum absolute atomic E-state index is 0.0805. The first-order chi connectivity index (χ1) is 37.0. The Bertz CT molecular complexity index is 1480. The van der Waals surface area contributed by atoms with Gasteiger partial charge in [-0.3, -0.25) is 14.4 Å². The van der Waals surface area contributed by atoms with Crippen molar-refractivity contribution in [3.63, 3.8) is 0 Å². The lowest BCUT2D eigenvalue weighted by Crippen LogP contribution is -2.30. The lowest BCUT2D eigenvalue weighted by atomic mass is 10.0. The van der Waals surface area contributed by atoms with Crippen molar-refractivity contribution in [2.75, 3.05) is 13.2 Å². The maximum absolute atomic E-state index is 12.8. The van der Waals surface area contributed by atoms with E-state index in [2.05, 4.69) is 118 Å². The van der Waals surface area contributed by atoms with Gasteiger partial charge in [-0.2, -0.15) is 0 Å². The van der Waals surface area contributed by atoms with Gasteiger partial charge in [0.05, 0.1) is 0 Å². The average molecular weight is 1040 g/mol. The fourth-order valence-corrected chi connectivity index (χ4v) is 8.90. The Balaban J connectivity index is 4.08. The smallest absolute Gasteiger partial charge is 0.306 e. The molecule has 1 unspecified atom stereocenters. The SMILES string of the molecule is CC/C=C\C/C=C\C/C=C\C/C=C\C/C=C\CCCCCCCCCCCCCCCCCCCC(=O)OCC(COC(=O)CCCCCCCCCCC)OC(=O)CCCCCCC/C=C\C/C=C\C/C=C\CC. The summed E-state index contributed by atoms with van der Waals surface area (Å²) in [7, 11) is 0. The first-order valence-corrected chi connectivity index (χ1v) is 31.7. The van der Waals surface area contributed by atoms with Crippen LogP contribution in [-0.2, 0) is 28.6 Å². The van der Waals surface area contributed by atoms with E-state index in [-0.39, 0.29) is 31.1 Å². The molecule has 0 spiro atoms. The molecule has 0 aliphatic heterocycles. The first-order valence-electron chi connectivity index (χ1n) is 31.7. The molecule has 0 aliphatic carbocycles. The largest absolute Gasteiger partial charge is 0.462 e. The Labute approximate surface area is 464 Å². The summed E-state index contributed by atoms with van der Waals surface area (Å²) < 4.78 is 16.8. The fourth-order valence-electron chi connectivity index (χ4n) is 8.90. The highest BCUT2D eigenvalue weighted by Gasteiger charge is 2.19. The topological polar surface area (TPSA) is 78.9 Å². The summed E-state index contributed by atoms with van der Waals surface area (Å²) in [6.45, 7) is 6.40. The van der Waals surface area contributed by atoms with E-state index in [0.717, 1.165) is 128 Å². The Morgan fingerprint density at radius 2 is 0.520 bits per heavy atom. The van der Waals surface area contributed by atoms with E-state index < -0.39 is 6.10 Å². The van der Waals surface area contributed by atoms with Crippen LogP contribution in [0.15, 0.2) is 97.2 Å². The summed E-state index contributed by atoms with van der Waals surface area (Å²) >= 11 is 0. The van der Waals surface area contributed by atoms with E-state index in [1.54, 1.807) is 0 Å². The molecule has 0 aromatic heterocycles. The number of allylic oxidation sites excluding steroid dienone is 16. The summed E-state index contributed by atoms with van der Waals surface area (Å²) in [6, 6.07) is 0. The van der Waals surface area contributed by atoms with E-state index in [1.807, 2.05) is 0 Å². The van der Waals surface area contributed by atoms with Crippen molar-refractivity contribution >= 4 is 17.9 Å². The second-order valence-electron chi connectivity index (χ2n) is 20.9. The van der Waals surface area contributed by atoms with Gasteiger partial charge in [0, 0.05) is 19.3 Å². The molecule has 0 N–H and O–H groups in total. The number of carbonyl (C=O) groups is 3. The summed E-state index contributed by atoms with van der Waals surface area (Å²) in [5, 5.41) is 0. The predicted molar refractivity (Wildman–Crippen MR) is 325 cm³/mol. The number of rotatable bonds is 57. The maximum Gasteiger partial charge on any atom is 0.306 e. The molecule has 0 saturated carbocycles. The van der Waals surface area contributed by atoms with Crippen LogP contribution in [0.4, 0.5) is 0 Å². The monoisotopic (exact) mass is 1040 g/mol. The van der Waals surface area contributed by atoms with Gasteiger partial charge in [0.1, 0.15) is 13.2 Å². The van der Waals surface area contributed by atoms with Gasteiger partial charge < -0.3 is 14.2 Å². The number of carbonyl (C=O) groups excluding carboxylic acids is 3. The summed E-state index contributed by atoms with van der Waals surface area (Å²) in [5.41, 5.74) is 0. The third kappa shape index (κ3) is 61.1. The normalized spacial score (nSPS) is 12.7. The van der Waals surface area contributed by atoms with Crippen molar-refractivity contribution in [2.24, 2.45) is 0 Å². The van der Waals surface area contributed by atoms with Crippen molar-refractivity contribution in [1.82, 2.24) is 0 Å². The third-order valence-corrected chi connectivity index (χ3v) is 13.6. The van der Waals surface area contributed by atoms with Gasteiger partial charge in [-0.15, -0.1) is 0 Å². The predicted octanol–water partition coefficient (Wildman–Crippen LogP) is 21.7. The van der Waals surface area contributed by atoms with Crippen LogP contribution in [-0.4, -0.2) is 37.2 Å². The number of esters is 3. The maximum atomic E-state index is 12.8. The molecule has 0 rings (SSSR count). The van der Waals surface area contributed by atoms with Crippen molar-refractivity contribution in [2.45, 2.75) is 309 Å². The van der Waals surface area contributed by atoms with Gasteiger partial charge >= 0.3 is 17.9 Å². The first kappa shape index (κ1) is 71.3. The van der Waals surface area contributed by atoms with Gasteiger partial charge in [0.2, 0.25) is 0 Å². The quantitative estimate of drug-likeness (QED) is 0.0261. The van der Waals surface area contributed by atoms with E-state index in [1.165, 1.54) is 135 Å². The zero-order chi connectivity index (χ0) is 54.3. The Morgan fingerprint density at radius 3 is 0.813 bits per heavy atom. The molecule has 6 heteroatoms. The molecule has 75 heavy (non-hydrogen) atoms. The minimum atomic E-state index is -0.782. The standard InChI is InChI=1S/C69H118O6/c1-4-7-10-13-16-19-21-23-25-26-27-28-29-30-31-32-33-34-35-36-37-38-39-40-41-42-44-45-47-50-53-56-59-62-68(71)74-65-66(64-73-67(70)61-58-55-52-49-18-15-12-9-6-3)75-69(72)63-60-57-54-51-48-46-43-24-22-20-17-14-11-8-5-2/h7-8,10-11,16-17,19-20,23-25,27-28,30-31,43,66H,4-6,9,12-15,18,21-22,26,29,32-42,44-65H2,1-3H3/b10-7-,11-8-,19-16-,20-17-,25-23-,28-27-,31-30-,43-24-. The molecule has 0 bridgehead atoms. The minimum Gasteiger partial charge on any atom is -0.462 e. The van der Waals surface area contributed by atoms with E-state index in [4.69, 9.17) is 14.2 Å². The molecule has 430 valence electrons. The van der Waals surface area contributed by atoms with Crippen LogP contribution in [0.5, 0.6) is 0 Å². The molecule has 0 aromatic carbocycles. The zero-order valence-electron chi connectivity index (χ0n) is 49.3. The zero-order valence-corrected chi connectivity index (χ0v) is 49.3. The number of hydrogen-bond donors (Lipinski definition) is 0. The molecule has 0 aromatic rings. The molecule has 0 saturated heterocycles. The van der Waals surface area contributed by atoms with Crippen molar-refractivity contribution in [3.8, 4) is 0 Å².